The van der Waals surface area contributed by atoms with Crippen molar-refractivity contribution in [1.82, 2.24) is 5.32 Å². The molecule has 0 spiro atoms. The summed E-state index contributed by atoms with van der Waals surface area (Å²) in [7, 11) is 0. The van der Waals surface area contributed by atoms with Crippen molar-refractivity contribution in [3.05, 3.63) is 64.4 Å². The zero-order valence-electron chi connectivity index (χ0n) is 12.6. The molecular weight excluding hydrogens is 315 g/mol. The van der Waals surface area contributed by atoms with Gasteiger partial charge in [0.05, 0.1) is 5.69 Å². The first-order valence-electron chi connectivity index (χ1n) is 7.68. The number of nitrogens with one attached hydrogen (secondary N) is 2. The summed E-state index contributed by atoms with van der Waals surface area (Å²) in [6.45, 7) is 2.08. The summed E-state index contributed by atoms with van der Waals surface area (Å²) < 4.78 is 13.8. The van der Waals surface area contributed by atoms with Gasteiger partial charge in [-0.2, -0.15) is 0 Å². The molecule has 1 aliphatic heterocycles. The Balaban J connectivity index is 1.71. The van der Waals surface area contributed by atoms with E-state index < -0.39 is 5.82 Å². The molecule has 0 aromatic heterocycles. The number of hydrogen-bond acceptors (Lipinski definition) is 2. The highest BCUT2D eigenvalue weighted by molar-refractivity contribution is 6.30. The van der Waals surface area contributed by atoms with Crippen LogP contribution in [0.2, 0.25) is 5.02 Å². The van der Waals surface area contributed by atoms with Crippen LogP contribution in [0.15, 0.2) is 42.5 Å². The summed E-state index contributed by atoms with van der Waals surface area (Å²) in [5.41, 5.74) is 1.79. The lowest BCUT2D eigenvalue weighted by Crippen LogP contribution is -2.14. The molecule has 2 aromatic rings. The van der Waals surface area contributed by atoms with Crippen molar-refractivity contribution >= 4 is 23.2 Å². The van der Waals surface area contributed by atoms with Crippen LogP contribution in [0.25, 0.3) is 0 Å². The van der Waals surface area contributed by atoms with Crippen molar-refractivity contribution in [3.63, 3.8) is 0 Å². The third-order valence-corrected chi connectivity index (χ3v) is 4.29. The smallest absolute Gasteiger partial charge is 0.255 e. The molecule has 1 amide bonds. The molecule has 1 heterocycles. The van der Waals surface area contributed by atoms with Gasteiger partial charge in [0.2, 0.25) is 0 Å². The lowest BCUT2D eigenvalue weighted by molar-refractivity contribution is 0.102. The number of carbonyl (C=O) groups excluding carboxylic acids is 1. The molecule has 23 heavy (non-hydrogen) atoms. The van der Waals surface area contributed by atoms with Gasteiger partial charge < -0.3 is 10.6 Å². The van der Waals surface area contributed by atoms with E-state index in [-0.39, 0.29) is 11.6 Å². The molecule has 1 atom stereocenters. The van der Waals surface area contributed by atoms with Crippen LogP contribution in [0.4, 0.5) is 10.1 Å². The second-order valence-electron chi connectivity index (χ2n) is 5.84. The highest BCUT2D eigenvalue weighted by Crippen LogP contribution is 2.20. The standard InChI is InChI=1S/C18H18ClFN2O/c19-15-4-5-17(16(20)10-15)22-18(23)14-3-1-2-12(9-14)8-13-6-7-21-11-13/h1-5,9-10,13,21H,6-8,11H2,(H,22,23). The maximum absolute atomic E-state index is 13.8. The highest BCUT2D eigenvalue weighted by Gasteiger charge is 2.16. The van der Waals surface area contributed by atoms with E-state index in [0.29, 0.717) is 16.5 Å². The molecule has 0 aliphatic carbocycles. The Hall–Kier alpha value is -1.91. The van der Waals surface area contributed by atoms with E-state index in [2.05, 4.69) is 10.6 Å². The van der Waals surface area contributed by atoms with Gasteiger partial charge in [-0.05, 0) is 67.7 Å². The van der Waals surface area contributed by atoms with Crippen molar-refractivity contribution in [3.8, 4) is 0 Å². The topological polar surface area (TPSA) is 41.1 Å². The highest BCUT2D eigenvalue weighted by atomic mass is 35.5. The Morgan fingerprint density at radius 1 is 1.30 bits per heavy atom. The summed E-state index contributed by atoms with van der Waals surface area (Å²) in [4.78, 5) is 12.3. The lowest BCUT2D eigenvalue weighted by atomic mass is 9.97. The molecule has 3 nitrogen and oxygen atoms in total. The normalized spacial score (nSPS) is 17.2. The van der Waals surface area contributed by atoms with E-state index >= 15 is 0 Å². The van der Waals surface area contributed by atoms with Gasteiger partial charge in [0, 0.05) is 10.6 Å². The monoisotopic (exact) mass is 332 g/mol. The molecule has 2 N–H and O–H groups in total. The van der Waals surface area contributed by atoms with Gasteiger partial charge in [-0.1, -0.05) is 23.7 Å². The first-order valence-corrected chi connectivity index (χ1v) is 8.05. The van der Waals surface area contributed by atoms with Gasteiger partial charge in [0.25, 0.3) is 5.91 Å². The number of benzene rings is 2. The van der Waals surface area contributed by atoms with E-state index in [1.54, 1.807) is 12.1 Å². The summed E-state index contributed by atoms with van der Waals surface area (Å²) >= 11 is 5.71. The lowest BCUT2D eigenvalue weighted by Gasteiger charge is -2.10. The Bertz CT molecular complexity index is 714. The third-order valence-electron chi connectivity index (χ3n) is 4.06. The van der Waals surface area contributed by atoms with Crippen molar-refractivity contribution in [2.75, 3.05) is 18.4 Å². The SMILES string of the molecule is O=C(Nc1ccc(Cl)cc1F)c1cccc(CC2CCNC2)c1. The molecule has 1 aliphatic rings. The number of amides is 1. The quantitative estimate of drug-likeness (QED) is 0.892. The molecule has 1 saturated heterocycles. The van der Waals surface area contributed by atoms with Gasteiger partial charge >= 0.3 is 0 Å². The van der Waals surface area contributed by atoms with Gasteiger partial charge in [-0.15, -0.1) is 0 Å². The van der Waals surface area contributed by atoms with E-state index in [4.69, 9.17) is 11.6 Å². The predicted molar refractivity (Wildman–Crippen MR) is 90.5 cm³/mol. The van der Waals surface area contributed by atoms with Crippen LogP contribution in [0.1, 0.15) is 22.3 Å². The van der Waals surface area contributed by atoms with Crippen molar-refractivity contribution < 1.29 is 9.18 Å². The predicted octanol–water partition coefficient (Wildman–Crippen LogP) is 3.88. The molecule has 3 rings (SSSR count). The molecule has 0 radical (unpaired) electrons. The van der Waals surface area contributed by atoms with Gasteiger partial charge in [0.15, 0.2) is 0 Å². The Morgan fingerprint density at radius 2 is 2.17 bits per heavy atom. The van der Waals surface area contributed by atoms with Crippen LogP contribution in [0.5, 0.6) is 0 Å². The van der Waals surface area contributed by atoms with E-state index in [0.717, 1.165) is 31.5 Å². The maximum Gasteiger partial charge on any atom is 0.255 e. The summed E-state index contributed by atoms with van der Waals surface area (Å²) in [6.07, 6.45) is 2.11. The second kappa shape index (κ2) is 7.11. The number of hydrogen-bond donors (Lipinski definition) is 2. The Kier molecular flexibility index (Phi) is 4.94. The largest absolute Gasteiger partial charge is 0.319 e. The van der Waals surface area contributed by atoms with Crippen LogP contribution in [-0.2, 0) is 6.42 Å². The zero-order valence-corrected chi connectivity index (χ0v) is 13.4. The Morgan fingerprint density at radius 3 is 2.91 bits per heavy atom. The van der Waals surface area contributed by atoms with Crippen LogP contribution >= 0.6 is 11.6 Å². The first-order chi connectivity index (χ1) is 11.1. The van der Waals surface area contributed by atoms with Crippen LogP contribution in [0, 0.1) is 11.7 Å². The van der Waals surface area contributed by atoms with Gasteiger partial charge in [0.1, 0.15) is 5.82 Å². The summed E-state index contributed by atoms with van der Waals surface area (Å²) in [6, 6.07) is 11.7. The fourth-order valence-corrected chi connectivity index (χ4v) is 3.01. The minimum absolute atomic E-state index is 0.129. The molecule has 120 valence electrons. The minimum Gasteiger partial charge on any atom is -0.319 e. The van der Waals surface area contributed by atoms with Crippen LogP contribution < -0.4 is 10.6 Å². The fraction of sp³-hybridized carbons (Fsp3) is 0.278. The van der Waals surface area contributed by atoms with Crippen molar-refractivity contribution in [2.24, 2.45) is 5.92 Å². The second-order valence-corrected chi connectivity index (χ2v) is 6.28. The summed E-state index contributed by atoms with van der Waals surface area (Å²) in [5.74, 6) is -0.251. The van der Waals surface area contributed by atoms with E-state index in [9.17, 15) is 9.18 Å². The number of rotatable bonds is 4. The van der Waals surface area contributed by atoms with E-state index in [1.807, 2.05) is 18.2 Å². The van der Waals surface area contributed by atoms with Crippen LogP contribution in [0.3, 0.4) is 0 Å². The Labute approximate surface area is 139 Å². The summed E-state index contributed by atoms with van der Waals surface area (Å²) in [5, 5.41) is 6.23. The molecule has 0 bridgehead atoms. The maximum atomic E-state index is 13.8. The zero-order chi connectivity index (χ0) is 16.2. The third kappa shape index (κ3) is 4.09. The molecule has 5 heteroatoms. The number of carbonyl (C=O) groups is 1. The average Bonchev–Trinajstić information content (AvgIpc) is 3.03. The van der Waals surface area contributed by atoms with Crippen LogP contribution in [-0.4, -0.2) is 19.0 Å². The minimum atomic E-state index is -0.543. The fourth-order valence-electron chi connectivity index (χ4n) is 2.85. The molecule has 1 fully saturated rings. The van der Waals surface area contributed by atoms with Gasteiger partial charge in [-0.25, -0.2) is 4.39 Å². The molecule has 1 unspecified atom stereocenters. The van der Waals surface area contributed by atoms with Gasteiger partial charge in [-0.3, -0.25) is 4.79 Å². The van der Waals surface area contributed by atoms with Crippen molar-refractivity contribution in [1.29, 1.82) is 0 Å². The number of halogens is 2. The molecule has 0 saturated carbocycles. The van der Waals surface area contributed by atoms with Crippen molar-refractivity contribution in [2.45, 2.75) is 12.8 Å². The molecule has 2 aromatic carbocycles. The average molecular weight is 333 g/mol. The number of anilines is 1. The first kappa shape index (κ1) is 16.0. The molecular formula is C18H18ClFN2O. The van der Waals surface area contributed by atoms with E-state index in [1.165, 1.54) is 12.1 Å².